The molecule has 4 unspecified atom stereocenters. The third kappa shape index (κ3) is 11.7. The van der Waals surface area contributed by atoms with Crippen LogP contribution in [0.1, 0.15) is 38.8 Å². The highest BCUT2D eigenvalue weighted by molar-refractivity contribution is 8.15. The van der Waals surface area contributed by atoms with Crippen molar-refractivity contribution in [3.63, 3.8) is 0 Å². The normalized spacial score (nSPS) is 28.7. The minimum atomic E-state index is -1.64. The van der Waals surface area contributed by atoms with Crippen molar-refractivity contribution in [3.05, 3.63) is 82.2 Å². The number of hydrogen-bond donors (Lipinski definition) is 1. The molecule has 1 N–H and O–H groups in total. The molecule has 2 heterocycles. The van der Waals surface area contributed by atoms with Gasteiger partial charge in [-0.25, -0.2) is 0 Å². The highest BCUT2D eigenvalue weighted by atomic mass is 32.2. The van der Waals surface area contributed by atoms with E-state index in [0.29, 0.717) is 17.5 Å². The Morgan fingerprint density at radius 1 is 0.808 bits per heavy atom. The third-order valence-electron chi connectivity index (χ3n) is 7.57. The summed E-state index contributed by atoms with van der Waals surface area (Å²) in [4.78, 5) is 40.2. The molecule has 17 nitrogen and oxygen atoms in total. The number of azide groups is 1. The second kappa shape index (κ2) is 20.2. The van der Waals surface area contributed by atoms with Crippen molar-refractivity contribution < 1.29 is 61.2 Å². The first-order valence-electron chi connectivity index (χ1n) is 16.6. The smallest absolute Gasteiger partial charge is 0.305 e. The number of ether oxygens (including phenoxy) is 9. The molecule has 19 heteroatoms. The molecule has 2 fully saturated rings. The number of carbonyl (C=O) groups is 3. The molecule has 279 valence electrons. The maximum Gasteiger partial charge on any atom is 0.305 e. The largest absolute Gasteiger partial charge is 0.459 e. The van der Waals surface area contributed by atoms with Gasteiger partial charge in [0.1, 0.15) is 30.5 Å². The van der Waals surface area contributed by atoms with Crippen molar-refractivity contribution in [2.45, 2.75) is 102 Å². The molecular formula is C33H40BN4O13S. The Morgan fingerprint density at radius 3 is 1.98 bits per heavy atom. The Morgan fingerprint density at radius 2 is 1.40 bits per heavy atom. The summed E-state index contributed by atoms with van der Waals surface area (Å²) in [5.41, 5.74) is 11.2. The van der Waals surface area contributed by atoms with Crippen molar-refractivity contribution in [3.8, 4) is 0 Å². The van der Waals surface area contributed by atoms with Crippen LogP contribution < -0.4 is 0 Å². The molecule has 10 atom stereocenters. The average molecular weight is 746 g/mol. The summed E-state index contributed by atoms with van der Waals surface area (Å²) in [6, 6.07) is 16.8. The molecule has 0 aliphatic carbocycles. The zero-order chi connectivity index (χ0) is 38.3. The summed E-state index contributed by atoms with van der Waals surface area (Å²) < 4.78 is 66.7. The molecule has 2 aromatic rings. The minimum absolute atomic E-state index is 0.0691. The van der Waals surface area contributed by atoms with E-state index < -0.39 is 79.4 Å². The highest BCUT2D eigenvalue weighted by Crippen LogP contribution is 2.36. The summed E-state index contributed by atoms with van der Waals surface area (Å²) in [5.74, 6) is -2.64. The van der Waals surface area contributed by atoms with Crippen LogP contribution in [-0.4, -0.2) is 100 Å². The van der Waals surface area contributed by atoms with Crippen LogP contribution in [0, 0.1) is 5.41 Å². The maximum atomic E-state index is 12.4. The number of esters is 3. The van der Waals surface area contributed by atoms with Gasteiger partial charge < -0.3 is 42.1 Å². The lowest BCUT2D eigenvalue weighted by Gasteiger charge is -2.48. The van der Waals surface area contributed by atoms with Crippen LogP contribution in [0.4, 0.5) is 0 Å². The van der Waals surface area contributed by atoms with Gasteiger partial charge in [-0.2, -0.15) is 0 Å². The van der Waals surface area contributed by atoms with Crippen molar-refractivity contribution in [1.29, 1.82) is 6.74 Å². The standard InChI is InChI=1S/C33H40BN4O13S/c1-18(35)44-32-29(46-20(3)40)28(43-16-23-13-9-6-10-14-23)30(33(50-32)47-21(4)41)49-31-25(37-38-36)27(45-19(2)39)26(51-52-34)24(48-31)17-42-15-22-11-7-5-8-12-22/h5-14,24-35H,15-17H2,1-4H3/t24?,25?,26-,27+,28-,29?,30+,31-,32+,33?/m0/s1/i34T. The third-order valence-corrected chi connectivity index (χ3v) is 7.90. The molecule has 0 amide bonds. The Hall–Kier alpha value is -4.20. The van der Waals surface area contributed by atoms with Gasteiger partial charge in [0, 0.05) is 32.6 Å². The number of benzene rings is 2. The van der Waals surface area contributed by atoms with Crippen LogP contribution in [-0.2, 0) is 74.4 Å². The lowest BCUT2D eigenvalue weighted by atomic mass is 9.96. The van der Waals surface area contributed by atoms with Crippen molar-refractivity contribution in [1.82, 2.24) is 0 Å². The van der Waals surface area contributed by atoms with E-state index in [2.05, 4.69) is 10.0 Å². The van der Waals surface area contributed by atoms with Crippen molar-refractivity contribution >= 4 is 42.8 Å². The topological polar surface area (TPSA) is 216 Å². The number of carbonyl (C=O) groups excluding carboxylic acids is 3. The van der Waals surface area contributed by atoms with Gasteiger partial charge in [0.25, 0.3) is 0 Å². The molecule has 0 spiro atoms. The van der Waals surface area contributed by atoms with Gasteiger partial charge in [-0.15, -0.1) is 0 Å². The van der Waals surface area contributed by atoms with E-state index in [-0.39, 0.29) is 25.7 Å². The van der Waals surface area contributed by atoms with E-state index >= 15 is 0 Å². The van der Waals surface area contributed by atoms with Crippen LogP contribution in [0.25, 0.3) is 10.4 Å². The molecule has 0 saturated carbocycles. The monoisotopic (exact) mass is 745 g/mol. The first kappa shape index (κ1) is 39.0. The number of hydrogen-bond acceptors (Lipinski definition) is 16. The van der Waals surface area contributed by atoms with Gasteiger partial charge in [0.2, 0.25) is 19.7 Å². The van der Waals surface area contributed by atoms with Crippen LogP contribution in [0.5, 0.6) is 0 Å². The van der Waals surface area contributed by atoms with E-state index in [4.69, 9.17) is 53.6 Å². The number of rotatable bonds is 17. The second-order valence-corrected chi connectivity index (χ2v) is 11.9. The van der Waals surface area contributed by atoms with Gasteiger partial charge in [0.15, 0.2) is 24.4 Å². The molecule has 2 aliphatic rings. The number of nitrogens with zero attached hydrogens (tertiary/aromatic N) is 3. The lowest BCUT2D eigenvalue weighted by Crippen LogP contribution is -2.66. The summed E-state index contributed by atoms with van der Waals surface area (Å²) in [6.07, 6.45) is -12.6. The molecule has 2 aromatic carbocycles. The molecule has 0 aromatic heterocycles. The van der Waals surface area contributed by atoms with Crippen molar-refractivity contribution in [2.75, 3.05) is 6.61 Å². The van der Waals surface area contributed by atoms with E-state index in [0.717, 1.165) is 33.4 Å². The van der Waals surface area contributed by atoms with Gasteiger partial charge >= 0.3 is 17.9 Å². The maximum absolute atomic E-state index is 12.4. The van der Waals surface area contributed by atoms with Crippen LogP contribution in [0.15, 0.2) is 65.8 Å². The molecule has 52 heavy (non-hydrogen) atoms. The fourth-order valence-electron chi connectivity index (χ4n) is 5.57. The van der Waals surface area contributed by atoms with E-state index in [1.54, 1.807) is 24.3 Å². The fourth-order valence-corrected chi connectivity index (χ4v) is 5.93. The average Bonchev–Trinajstić information content (AvgIpc) is 3.10. The molecule has 2 aliphatic heterocycles. The highest BCUT2D eigenvalue weighted by Gasteiger charge is 2.56. The minimum Gasteiger partial charge on any atom is -0.459 e. The first-order chi connectivity index (χ1) is 25.5. The van der Waals surface area contributed by atoms with Gasteiger partial charge in [-0.3, -0.25) is 24.5 Å². The van der Waals surface area contributed by atoms with E-state index in [1.807, 2.05) is 36.4 Å². The van der Waals surface area contributed by atoms with Gasteiger partial charge in [0.05, 0.1) is 19.8 Å². The molecule has 2 saturated heterocycles. The molecule has 0 bridgehead atoms. The molecule has 1 radical (unpaired) electrons. The van der Waals surface area contributed by atoms with E-state index in [9.17, 15) is 19.9 Å². The Kier molecular flexibility index (Phi) is 15.1. The van der Waals surface area contributed by atoms with Crippen molar-refractivity contribution in [2.24, 2.45) is 5.11 Å². The quantitative estimate of drug-likeness (QED) is 0.0282. The Bertz CT molecular complexity index is 1560. The van der Waals surface area contributed by atoms with Crippen LogP contribution in [0.2, 0.25) is 0 Å². The number of nitrogens with one attached hydrogen (secondary N) is 1. The summed E-state index contributed by atoms with van der Waals surface area (Å²) >= 11 is 0.621. The summed E-state index contributed by atoms with van der Waals surface area (Å²) in [7, 11) is 0.902. The first-order valence-corrected chi connectivity index (χ1v) is 16.8. The zero-order valence-corrected chi connectivity index (χ0v) is 29.6. The van der Waals surface area contributed by atoms with Gasteiger partial charge in [-0.05, 0) is 18.0 Å². The summed E-state index contributed by atoms with van der Waals surface area (Å²) in [5, 5.41) is 11.8. The molecular weight excluding hydrogens is 703 g/mol. The van der Waals surface area contributed by atoms with Crippen LogP contribution in [0.3, 0.4) is 0 Å². The predicted octanol–water partition coefficient (Wildman–Crippen LogP) is 3.55. The second-order valence-electron chi connectivity index (χ2n) is 11.6. The Balaban J connectivity index is 1.77. The predicted molar refractivity (Wildman–Crippen MR) is 183 cm³/mol. The Labute approximate surface area is 306 Å². The zero-order valence-electron chi connectivity index (χ0n) is 29.8. The van der Waals surface area contributed by atoms with E-state index in [1.165, 1.54) is 6.92 Å². The SMILES string of the molecule is [3H][B]SO[C@H]1C(COCc2ccccc2)O[C@@H](O[C@H]2C(OC(C)=O)O[C@@H](OC(C)=N)C(OC(C)=O)[C@@H]2OCc2ccccc2)C(N=[N+]=[N-])[C@H]1OC(C)=O. The van der Waals surface area contributed by atoms with Crippen LogP contribution >= 0.6 is 11.9 Å². The van der Waals surface area contributed by atoms with Gasteiger partial charge in [-0.1, -0.05) is 77.7 Å². The fraction of sp³-hybridized carbons (Fsp3) is 0.515. The molecule has 4 rings (SSSR count). The summed E-state index contributed by atoms with van der Waals surface area (Å²) in [6.45, 7) is 4.67. The lowest BCUT2D eigenvalue weighted by molar-refractivity contribution is -0.371.